The number of aliphatic hydroxyl groups excluding tert-OH is 3. The van der Waals surface area contributed by atoms with Gasteiger partial charge in [0, 0.05) is 47.9 Å². The Morgan fingerprint density at radius 3 is 2.56 bits per heavy atom. The molecule has 11 nitrogen and oxygen atoms in total. The molecule has 39 heavy (non-hydrogen) atoms. The number of hydrogen-bond acceptors (Lipinski definition) is 11. The van der Waals surface area contributed by atoms with Gasteiger partial charge < -0.3 is 40.4 Å². The highest BCUT2D eigenvalue weighted by molar-refractivity contribution is 6.30. The molecule has 0 amide bonds. The first-order chi connectivity index (χ1) is 18.4. The number of nitrogens with two attached hydrogens (primary N) is 1. The molecule has 1 aromatic rings. The normalized spacial score (nSPS) is 36.3. The van der Waals surface area contributed by atoms with Crippen molar-refractivity contribution in [1.82, 2.24) is 0 Å². The monoisotopic (exact) mass is 543 g/mol. The Bertz CT molecular complexity index is 1290. The lowest BCUT2D eigenvalue weighted by Crippen LogP contribution is -2.56. The summed E-state index contributed by atoms with van der Waals surface area (Å²) in [7, 11) is 1.35. The fraction of sp³-hybridized carbons (Fsp3) is 0.536. The maximum absolute atomic E-state index is 13.7. The van der Waals surface area contributed by atoms with Gasteiger partial charge in [0.1, 0.15) is 17.1 Å². The van der Waals surface area contributed by atoms with Gasteiger partial charge in [0.05, 0.1) is 42.7 Å². The number of hydrogen-bond donors (Lipinski definition) is 5. The number of rotatable bonds is 5. The predicted molar refractivity (Wildman–Crippen MR) is 135 cm³/mol. The van der Waals surface area contributed by atoms with E-state index in [0.717, 1.165) is 0 Å². The minimum Gasteiger partial charge on any atom is -0.507 e. The van der Waals surface area contributed by atoms with E-state index in [1.165, 1.54) is 19.2 Å². The van der Waals surface area contributed by atoms with Crippen LogP contribution in [0.25, 0.3) is 0 Å². The molecule has 3 aliphatic carbocycles. The van der Waals surface area contributed by atoms with Crippen LogP contribution in [0, 0.1) is 5.92 Å². The Morgan fingerprint density at radius 1 is 1.21 bits per heavy atom. The van der Waals surface area contributed by atoms with E-state index in [9.17, 15) is 34.8 Å². The number of aliphatic hydroxyl groups is 4. The van der Waals surface area contributed by atoms with Crippen LogP contribution in [0.4, 0.5) is 0 Å². The molecular weight excluding hydrogens is 510 g/mol. The summed E-state index contributed by atoms with van der Waals surface area (Å²) in [6, 6.07) is 3.82. The van der Waals surface area contributed by atoms with Crippen LogP contribution in [-0.2, 0) is 14.3 Å². The average molecular weight is 544 g/mol. The van der Waals surface area contributed by atoms with E-state index in [4.69, 9.17) is 19.9 Å². The fourth-order valence-electron chi connectivity index (χ4n) is 6.35. The lowest BCUT2D eigenvalue weighted by molar-refractivity contribution is -0.243. The number of Topliss-reactive ketones (excluding diaryl/α,β-unsaturated/α-hetero) is 3. The highest BCUT2D eigenvalue weighted by Gasteiger charge is 2.56. The van der Waals surface area contributed by atoms with Gasteiger partial charge in [-0.25, -0.2) is 0 Å². The summed E-state index contributed by atoms with van der Waals surface area (Å²) in [5.74, 6) is -3.35. The molecule has 0 bridgehead atoms. The minimum absolute atomic E-state index is 0.00360. The standard InChI is InChI=1S/C28H33NO10/c1-4-17(30)28(36)9-13-20(16(10-28)39-18-8-14(29)23(31)11(2)38-18)27(35)22-21(25(13)33)24(32)12-6-5-7-15(37-3)19(12)26(22)34/h5-7,11,13-14,16,18,23,25,31,33,35-36H,4,8-10,29H2,1-3H3/t11?,13?,14?,16-,18?,23?,25?,28-/m0/s1. The molecule has 8 atom stereocenters. The van der Waals surface area contributed by atoms with Crippen molar-refractivity contribution in [2.75, 3.05) is 7.11 Å². The van der Waals surface area contributed by atoms with Crippen molar-refractivity contribution in [3.05, 3.63) is 51.8 Å². The van der Waals surface area contributed by atoms with Gasteiger partial charge in [0.25, 0.3) is 0 Å². The lowest BCUT2D eigenvalue weighted by atomic mass is 9.62. The van der Waals surface area contributed by atoms with Crippen molar-refractivity contribution in [3.63, 3.8) is 0 Å². The second kappa shape index (κ2) is 9.92. The third kappa shape index (κ3) is 4.24. The van der Waals surface area contributed by atoms with Crippen LogP contribution in [0.2, 0.25) is 0 Å². The Balaban J connectivity index is 1.62. The molecule has 0 aromatic heterocycles. The van der Waals surface area contributed by atoms with E-state index in [1.807, 2.05) is 0 Å². The molecule has 4 aliphatic rings. The molecule has 6 N–H and O–H groups in total. The zero-order valence-electron chi connectivity index (χ0n) is 21.9. The molecule has 1 aliphatic heterocycles. The smallest absolute Gasteiger partial charge is 0.201 e. The number of methoxy groups -OCH3 is 1. The number of ketones is 3. The summed E-state index contributed by atoms with van der Waals surface area (Å²) >= 11 is 0. The molecule has 1 aromatic carbocycles. The van der Waals surface area contributed by atoms with E-state index in [1.54, 1.807) is 19.9 Å². The molecule has 2 fully saturated rings. The lowest BCUT2D eigenvalue weighted by Gasteiger charge is -2.47. The molecule has 0 radical (unpaired) electrons. The third-order valence-electron chi connectivity index (χ3n) is 8.38. The van der Waals surface area contributed by atoms with Gasteiger partial charge in [0.15, 0.2) is 17.9 Å². The van der Waals surface area contributed by atoms with Crippen LogP contribution in [0.15, 0.2) is 40.7 Å². The van der Waals surface area contributed by atoms with E-state index >= 15 is 0 Å². The van der Waals surface area contributed by atoms with Crippen molar-refractivity contribution < 1.29 is 49.0 Å². The van der Waals surface area contributed by atoms with Crippen LogP contribution in [0.5, 0.6) is 5.75 Å². The summed E-state index contributed by atoms with van der Waals surface area (Å²) in [4.78, 5) is 40.1. The zero-order chi connectivity index (χ0) is 28.4. The summed E-state index contributed by atoms with van der Waals surface area (Å²) < 4.78 is 17.2. The number of ether oxygens (including phenoxy) is 3. The molecule has 5 rings (SSSR count). The number of carbonyl (C=O) groups is 3. The van der Waals surface area contributed by atoms with Crippen LogP contribution >= 0.6 is 0 Å². The summed E-state index contributed by atoms with van der Waals surface area (Å²) in [5.41, 5.74) is 3.53. The Morgan fingerprint density at radius 2 is 1.92 bits per heavy atom. The van der Waals surface area contributed by atoms with Gasteiger partial charge >= 0.3 is 0 Å². The largest absolute Gasteiger partial charge is 0.507 e. The number of carbonyl (C=O) groups excluding carboxylic acids is 3. The summed E-state index contributed by atoms with van der Waals surface area (Å²) in [6.07, 6.45) is -5.84. The van der Waals surface area contributed by atoms with Crippen molar-refractivity contribution in [2.45, 2.75) is 81.9 Å². The first kappa shape index (κ1) is 27.6. The zero-order valence-corrected chi connectivity index (χ0v) is 21.9. The molecule has 1 saturated heterocycles. The Labute approximate surface area is 224 Å². The second-order valence-corrected chi connectivity index (χ2v) is 10.7. The van der Waals surface area contributed by atoms with E-state index in [-0.39, 0.29) is 59.3 Å². The van der Waals surface area contributed by atoms with Gasteiger partial charge in [-0.15, -0.1) is 0 Å². The van der Waals surface area contributed by atoms with Gasteiger partial charge in [-0.05, 0) is 19.4 Å². The molecule has 11 heteroatoms. The molecule has 210 valence electrons. The highest BCUT2D eigenvalue weighted by Crippen LogP contribution is 2.50. The predicted octanol–water partition coefficient (Wildman–Crippen LogP) is 0.886. The molecule has 1 saturated carbocycles. The van der Waals surface area contributed by atoms with Crippen LogP contribution < -0.4 is 10.5 Å². The highest BCUT2D eigenvalue weighted by atomic mass is 16.7. The Hall–Kier alpha value is -2.93. The first-order valence-electron chi connectivity index (χ1n) is 13.1. The SMILES string of the molecule is CCC(=O)[C@]1(O)CC2C(=C(O)C3=C(C(=O)c4cccc(OC)c4C3=O)C2O)[C@@H](OC2CC(N)C(O)C(C)O2)C1. The van der Waals surface area contributed by atoms with Crippen LogP contribution in [0.1, 0.15) is 60.2 Å². The quantitative estimate of drug-likeness (QED) is 0.355. The van der Waals surface area contributed by atoms with E-state index in [0.29, 0.717) is 0 Å². The number of allylic oxidation sites excluding steroid dienone is 1. The first-order valence-corrected chi connectivity index (χ1v) is 13.1. The molecule has 1 heterocycles. The van der Waals surface area contributed by atoms with Crippen LogP contribution in [-0.4, -0.2) is 87.2 Å². The van der Waals surface area contributed by atoms with Gasteiger partial charge in [-0.3, -0.25) is 14.4 Å². The van der Waals surface area contributed by atoms with Gasteiger partial charge in [-0.2, -0.15) is 0 Å². The summed E-state index contributed by atoms with van der Waals surface area (Å²) in [6.45, 7) is 3.22. The Kier molecular flexibility index (Phi) is 7.03. The van der Waals surface area contributed by atoms with E-state index in [2.05, 4.69) is 0 Å². The average Bonchev–Trinajstić information content (AvgIpc) is 2.90. The van der Waals surface area contributed by atoms with Crippen LogP contribution in [0.3, 0.4) is 0 Å². The topological polar surface area (TPSA) is 186 Å². The van der Waals surface area contributed by atoms with Crippen molar-refractivity contribution in [1.29, 1.82) is 0 Å². The summed E-state index contributed by atoms with van der Waals surface area (Å²) in [5, 5.41) is 44.7. The maximum Gasteiger partial charge on any atom is 0.201 e. The van der Waals surface area contributed by atoms with Crippen molar-refractivity contribution >= 4 is 17.3 Å². The maximum atomic E-state index is 13.7. The fourth-order valence-corrected chi connectivity index (χ4v) is 6.35. The van der Waals surface area contributed by atoms with Crippen molar-refractivity contribution in [3.8, 4) is 5.75 Å². The minimum atomic E-state index is -1.93. The molecular formula is C28H33NO10. The van der Waals surface area contributed by atoms with Gasteiger partial charge in [0.2, 0.25) is 5.78 Å². The van der Waals surface area contributed by atoms with Gasteiger partial charge in [-0.1, -0.05) is 19.1 Å². The van der Waals surface area contributed by atoms with Crippen molar-refractivity contribution in [2.24, 2.45) is 11.7 Å². The number of fused-ring (bicyclic) bond motifs is 2. The number of benzene rings is 1. The second-order valence-electron chi connectivity index (χ2n) is 10.7. The third-order valence-corrected chi connectivity index (χ3v) is 8.38. The molecule has 6 unspecified atom stereocenters. The molecule has 0 spiro atoms. The van der Waals surface area contributed by atoms with E-state index < -0.39 is 71.4 Å².